The summed E-state index contributed by atoms with van der Waals surface area (Å²) >= 11 is 0. The number of amides is 3. The van der Waals surface area contributed by atoms with Crippen molar-refractivity contribution < 1.29 is 23.2 Å². The van der Waals surface area contributed by atoms with E-state index in [-0.39, 0.29) is 24.7 Å². The van der Waals surface area contributed by atoms with Gasteiger partial charge in [-0.1, -0.05) is 25.0 Å². The lowest BCUT2D eigenvalue weighted by Crippen LogP contribution is -2.52. The van der Waals surface area contributed by atoms with Crippen LogP contribution in [0.3, 0.4) is 0 Å². The summed E-state index contributed by atoms with van der Waals surface area (Å²) in [6.45, 7) is 0.999. The van der Waals surface area contributed by atoms with Gasteiger partial charge in [-0.05, 0) is 61.8 Å². The van der Waals surface area contributed by atoms with Crippen LogP contribution in [0, 0.1) is 5.92 Å². The molecular formula is C24H31F2N3O3. The van der Waals surface area contributed by atoms with Crippen molar-refractivity contribution in [2.45, 2.75) is 82.8 Å². The highest BCUT2D eigenvalue weighted by atomic mass is 19.3. The first-order chi connectivity index (χ1) is 15.4. The highest BCUT2D eigenvalue weighted by Crippen LogP contribution is 2.31. The number of carbonyl (C=O) groups is 3. The fraction of sp³-hybridized carbons (Fsp3) is 0.625. The second-order valence-corrected chi connectivity index (χ2v) is 9.23. The molecule has 1 saturated carbocycles. The van der Waals surface area contributed by atoms with E-state index in [4.69, 9.17) is 0 Å². The zero-order chi connectivity index (χ0) is 22.7. The van der Waals surface area contributed by atoms with E-state index in [2.05, 4.69) is 16.7 Å². The summed E-state index contributed by atoms with van der Waals surface area (Å²) in [6.07, 6.45) is 4.16. The highest BCUT2D eigenvalue weighted by Gasteiger charge is 2.39. The Hall–Kier alpha value is -2.35. The van der Waals surface area contributed by atoms with Gasteiger partial charge in [0, 0.05) is 31.0 Å². The van der Waals surface area contributed by atoms with Gasteiger partial charge >= 0.3 is 0 Å². The molecule has 3 amide bonds. The zero-order valence-corrected chi connectivity index (χ0v) is 18.2. The molecule has 1 aromatic rings. The summed E-state index contributed by atoms with van der Waals surface area (Å²) < 4.78 is 24.8. The number of benzene rings is 1. The van der Waals surface area contributed by atoms with Crippen LogP contribution in [0.4, 0.5) is 8.78 Å². The topological polar surface area (TPSA) is 78.5 Å². The van der Waals surface area contributed by atoms with Crippen LogP contribution in [-0.2, 0) is 22.6 Å². The molecule has 0 bridgehead atoms. The summed E-state index contributed by atoms with van der Waals surface area (Å²) in [5.41, 5.74) is 2.71. The maximum absolute atomic E-state index is 12.9. The van der Waals surface area contributed by atoms with Crippen LogP contribution >= 0.6 is 0 Å². The van der Waals surface area contributed by atoms with Gasteiger partial charge < -0.3 is 10.2 Å². The molecule has 2 heterocycles. The predicted molar refractivity (Wildman–Crippen MR) is 115 cm³/mol. The zero-order valence-electron chi connectivity index (χ0n) is 18.2. The smallest absolute Gasteiger partial charge is 0.255 e. The third-order valence-electron chi connectivity index (χ3n) is 7.00. The third kappa shape index (κ3) is 5.17. The average Bonchev–Trinajstić information content (AvgIpc) is 3.08. The van der Waals surface area contributed by atoms with Crippen molar-refractivity contribution in [1.29, 1.82) is 0 Å². The van der Waals surface area contributed by atoms with Gasteiger partial charge in [0.1, 0.15) is 6.04 Å². The standard InChI is InChI=1S/C24H31F2N3O3/c25-21(26)6-3-11-27-19-5-2-1-4-16(19)12-15-7-8-18-17(13-15)14-29(24(18)32)20-9-10-22(30)28-23(20)31/h7-8,13,16,19-21,27H,1-6,9-12,14H2,(H,28,30,31)/t16-,19+,20?/m1/s1. The molecule has 1 saturated heterocycles. The molecule has 3 atom stereocenters. The third-order valence-corrected chi connectivity index (χ3v) is 7.00. The number of nitrogens with one attached hydrogen (secondary N) is 2. The first-order valence-corrected chi connectivity index (χ1v) is 11.7. The molecule has 32 heavy (non-hydrogen) atoms. The molecule has 6 nitrogen and oxygen atoms in total. The molecule has 174 valence electrons. The summed E-state index contributed by atoms with van der Waals surface area (Å²) in [4.78, 5) is 38.1. The number of nitrogens with zero attached hydrogens (tertiary/aromatic N) is 1. The first-order valence-electron chi connectivity index (χ1n) is 11.7. The molecule has 8 heteroatoms. The lowest BCUT2D eigenvalue weighted by atomic mass is 9.80. The molecule has 1 unspecified atom stereocenters. The molecular weight excluding hydrogens is 416 g/mol. The Bertz CT molecular complexity index is 876. The van der Waals surface area contributed by atoms with Gasteiger partial charge in [-0.15, -0.1) is 0 Å². The minimum atomic E-state index is -2.24. The van der Waals surface area contributed by atoms with Gasteiger partial charge in [-0.3, -0.25) is 19.7 Å². The molecule has 4 rings (SSSR count). The van der Waals surface area contributed by atoms with Crippen molar-refractivity contribution in [2.75, 3.05) is 6.54 Å². The maximum Gasteiger partial charge on any atom is 0.255 e. The Morgan fingerprint density at radius 1 is 1.12 bits per heavy atom. The number of piperidine rings is 1. The minimum absolute atomic E-state index is 0.0626. The summed E-state index contributed by atoms with van der Waals surface area (Å²) in [7, 11) is 0. The fourth-order valence-corrected chi connectivity index (χ4v) is 5.32. The molecule has 0 spiro atoms. The Kier molecular flexibility index (Phi) is 7.18. The van der Waals surface area contributed by atoms with Crippen LogP contribution in [0.15, 0.2) is 18.2 Å². The van der Waals surface area contributed by atoms with Gasteiger partial charge in [0.25, 0.3) is 5.91 Å². The van der Waals surface area contributed by atoms with E-state index in [1.165, 1.54) is 6.42 Å². The van der Waals surface area contributed by atoms with Crippen LogP contribution < -0.4 is 10.6 Å². The second kappa shape index (κ2) is 10.1. The van der Waals surface area contributed by atoms with Gasteiger partial charge in [-0.2, -0.15) is 0 Å². The summed E-state index contributed by atoms with van der Waals surface area (Å²) in [5, 5.41) is 5.83. The van der Waals surface area contributed by atoms with Crippen LogP contribution in [0.2, 0.25) is 0 Å². The number of hydrogen-bond donors (Lipinski definition) is 2. The van der Waals surface area contributed by atoms with E-state index in [0.29, 0.717) is 43.5 Å². The van der Waals surface area contributed by atoms with Gasteiger partial charge in [0.05, 0.1) is 0 Å². The molecule has 2 N–H and O–H groups in total. The molecule has 2 aliphatic heterocycles. The lowest BCUT2D eigenvalue weighted by Gasteiger charge is -2.32. The van der Waals surface area contributed by atoms with Gasteiger partial charge in [-0.25, -0.2) is 8.78 Å². The number of hydrogen-bond acceptors (Lipinski definition) is 4. The number of fused-ring (bicyclic) bond motifs is 1. The van der Waals surface area contributed by atoms with Crippen LogP contribution in [0.1, 0.15) is 72.9 Å². The first kappa shape index (κ1) is 22.8. The van der Waals surface area contributed by atoms with Crippen molar-refractivity contribution in [3.63, 3.8) is 0 Å². The maximum atomic E-state index is 12.9. The predicted octanol–water partition coefficient (Wildman–Crippen LogP) is 3.18. The normalized spacial score (nSPS) is 25.9. The summed E-state index contributed by atoms with van der Waals surface area (Å²) in [6, 6.07) is 5.65. The van der Waals surface area contributed by atoms with Crippen molar-refractivity contribution in [3.8, 4) is 0 Å². The average molecular weight is 448 g/mol. The van der Waals surface area contributed by atoms with Crippen molar-refractivity contribution in [2.24, 2.45) is 5.92 Å². The van der Waals surface area contributed by atoms with Crippen molar-refractivity contribution in [1.82, 2.24) is 15.5 Å². The largest absolute Gasteiger partial charge is 0.322 e. The van der Waals surface area contributed by atoms with E-state index in [1.54, 1.807) is 4.90 Å². The molecule has 3 aliphatic rings. The van der Waals surface area contributed by atoms with E-state index < -0.39 is 18.4 Å². The molecule has 1 aliphatic carbocycles. The minimum Gasteiger partial charge on any atom is -0.322 e. The SMILES string of the molecule is O=C1CCC(N2Cc3cc(C[C@H]4CCCC[C@@H]4NCCCC(F)F)ccc3C2=O)C(=O)N1. The second-order valence-electron chi connectivity index (χ2n) is 9.23. The van der Waals surface area contributed by atoms with E-state index in [0.717, 1.165) is 36.8 Å². The van der Waals surface area contributed by atoms with Crippen LogP contribution in [0.5, 0.6) is 0 Å². The Labute approximate surface area is 187 Å². The summed E-state index contributed by atoms with van der Waals surface area (Å²) in [5.74, 6) is -0.401. The monoisotopic (exact) mass is 447 g/mol. The lowest BCUT2D eigenvalue weighted by molar-refractivity contribution is -0.136. The molecule has 0 aromatic heterocycles. The number of alkyl halides is 2. The molecule has 1 aromatic carbocycles. The quantitative estimate of drug-likeness (QED) is 0.474. The van der Waals surface area contributed by atoms with Crippen LogP contribution in [0.25, 0.3) is 0 Å². The Morgan fingerprint density at radius 3 is 2.72 bits per heavy atom. The van der Waals surface area contributed by atoms with E-state index in [1.807, 2.05) is 12.1 Å². The highest BCUT2D eigenvalue weighted by molar-refractivity contribution is 6.05. The number of halogens is 2. The molecule has 2 fully saturated rings. The van der Waals surface area contributed by atoms with E-state index in [9.17, 15) is 23.2 Å². The van der Waals surface area contributed by atoms with Gasteiger partial charge in [0.2, 0.25) is 18.2 Å². The van der Waals surface area contributed by atoms with E-state index >= 15 is 0 Å². The van der Waals surface area contributed by atoms with Crippen molar-refractivity contribution >= 4 is 17.7 Å². The number of rotatable bonds is 8. The number of imide groups is 1. The fourth-order valence-electron chi connectivity index (χ4n) is 5.32. The van der Waals surface area contributed by atoms with Gasteiger partial charge in [0.15, 0.2) is 0 Å². The number of carbonyl (C=O) groups excluding carboxylic acids is 3. The Balaban J connectivity index is 1.39. The molecule has 0 radical (unpaired) electrons. The van der Waals surface area contributed by atoms with Crippen molar-refractivity contribution in [3.05, 3.63) is 34.9 Å². The Morgan fingerprint density at radius 2 is 1.94 bits per heavy atom. The van der Waals surface area contributed by atoms with Crippen LogP contribution in [-0.4, -0.2) is 47.7 Å².